The number of benzene rings is 1. The number of ether oxygens (including phenoxy) is 1. The Labute approximate surface area is 127 Å². The number of rotatable bonds is 6. The Morgan fingerprint density at radius 2 is 2.14 bits per heavy atom. The number of fused-ring (bicyclic) bond motifs is 1. The van der Waals surface area contributed by atoms with Gasteiger partial charge < -0.3 is 15.2 Å². The summed E-state index contributed by atoms with van der Waals surface area (Å²) in [6, 6.07) is 6.97. The molecular weight excluding hydrogens is 262 g/mol. The van der Waals surface area contributed by atoms with Crippen LogP contribution >= 0.6 is 0 Å². The maximum Gasteiger partial charge on any atom is 0.122 e. The van der Waals surface area contributed by atoms with Gasteiger partial charge in [0, 0.05) is 31.0 Å². The zero-order chi connectivity index (χ0) is 14.7. The first kappa shape index (κ1) is 14.9. The van der Waals surface area contributed by atoms with Gasteiger partial charge in [0.25, 0.3) is 0 Å². The van der Waals surface area contributed by atoms with Gasteiger partial charge >= 0.3 is 0 Å². The molecular formula is C18H27NO2. The second-order valence-electron chi connectivity index (χ2n) is 6.67. The molecule has 1 unspecified atom stereocenters. The van der Waals surface area contributed by atoms with Crippen molar-refractivity contribution >= 4 is 0 Å². The lowest BCUT2D eigenvalue weighted by atomic mass is 9.86. The van der Waals surface area contributed by atoms with Crippen molar-refractivity contribution in [2.75, 3.05) is 19.8 Å². The fourth-order valence-electron chi connectivity index (χ4n) is 3.78. The number of aliphatic hydroxyl groups excluding tert-OH is 1. The summed E-state index contributed by atoms with van der Waals surface area (Å²) in [7, 11) is 0. The second-order valence-corrected chi connectivity index (χ2v) is 6.67. The second kappa shape index (κ2) is 6.37. The quantitative estimate of drug-likeness (QED) is 0.845. The van der Waals surface area contributed by atoms with E-state index in [4.69, 9.17) is 4.74 Å². The topological polar surface area (TPSA) is 41.5 Å². The molecule has 0 amide bonds. The molecule has 1 aliphatic carbocycles. The lowest BCUT2D eigenvalue weighted by molar-refractivity contribution is 0.124. The van der Waals surface area contributed by atoms with Crippen LogP contribution in [0.5, 0.6) is 5.75 Å². The van der Waals surface area contributed by atoms with Crippen LogP contribution < -0.4 is 10.1 Å². The normalized spacial score (nSPS) is 21.0. The summed E-state index contributed by atoms with van der Waals surface area (Å²) in [5, 5.41) is 13.5. The molecule has 1 saturated carbocycles. The Balaban J connectivity index is 1.67. The first-order valence-corrected chi connectivity index (χ1v) is 8.36. The van der Waals surface area contributed by atoms with E-state index in [0.29, 0.717) is 12.6 Å². The first-order chi connectivity index (χ1) is 10.3. The Bertz CT molecular complexity index is 480. The van der Waals surface area contributed by atoms with Crippen molar-refractivity contribution < 1.29 is 9.84 Å². The van der Waals surface area contributed by atoms with E-state index in [-0.39, 0.29) is 5.41 Å². The molecule has 0 bridgehead atoms. The molecule has 0 spiro atoms. The van der Waals surface area contributed by atoms with Crippen LogP contribution in [0, 0.1) is 5.41 Å². The highest BCUT2D eigenvalue weighted by Crippen LogP contribution is 2.38. The molecule has 1 fully saturated rings. The molecule has 3 nitrogen and oxygen atoms in total. The lowest BCUT2D eigenvalue weighted by Crippen LogP contribution is -2.37. The summed E-state index contributed by atoms with van der Waals surface area (Å²) < 4.78 is 5.59. The Morgan fingerprint density at radius 3 is 2.86 bits per heavy atom. The van der Waals surface area contributed by atoms with E-state index in [9.17, 15) is 5.11 Å². The van der Waals surface area contributed by atoms with Crippen molar-refractivity contribution in [2.24, 2.45) is 5.41 Å². The summed E-state index contributed by atoms with van der Waals surface area (Å²) >= 11 is 0. The third-order valence-corrected chi connectivity index (χ3v) is 5.25. The lowest BCUT2D eigenvalue weighted by Gasteiger charge is -2.30. The largest absolute Gasteiger partial charge is 0.493 e. The van der Waals surface area contributed by atoms with E-state index in [1.54, 1.807) is 0 Å². The Kier molecular flexibility index (Phi) is 4.51. The van der Waals surface area contributed by atoms with Crippen molar-refractivity contribution in [1.29, 1.82) is 0 Å². The predicted molar refractivity (Wildman–Crippen MR) is 84.7 cm³/mol. The molecule has 3 heteroatoms. The van der Waals surface area contributed by atoms with Crippen molar-refractivity contribution in [2.45, 2.75) is 51.5 Å². The number of hydrogen-bond donors (Lipinski definition) is 2. The van der Waals surface area contributed by atoms with Crippen LogP contribution in [0.25, 0.3) is 0 Å². The molecule has 0 radical (unpaired) electrons. The van der Waals surface area contributed by atoms with E-state index in [2.05, 4.69) is 30.4 Å². The summed E-state index contributed by atoms with van der Waals surface area (Å²) in [6.45, 7) is 4.28. The minimum atomic E-state index is 0.118. The van der Waals surface area contributed by atoms with Crippen molar-refractivity contribution in [3.63, 3.8) is 0 Å². The summed E-state index contributed by atoms with van der Waals surface area (Å²) in [6.07, 6.45) is 6.93. The highest BCUT2D eigenvalue weighted by molar-refractivity contribution is 5.40. The monoisotopic (exact) mass is 289 g/mol. The van der Waals surface area contributed by atoms with Crippen molar-refractivity contribution in [3.05, 3.63) is 29.3 Å². The molecule has 0 saturated heterocycles. The fourth-order valence-corrected chi connectivity index (χ4v) is 3.78. The third-order valence-electron chi connectivity index (χ3n) is 5.25. The average Bonchev–Trinajstić information content (AvgIpc) is 3.17. The van der Waals surface area contributed by atoms with E-state index in [1.807, 2.05) is 0 Å². The number of aliphatic hydroxyl groups is 1. The van der Waals surface area contributed by atoms with E-state index in [0.717, 1.165) is 44.6 Å². The standard InChI is InChI=1S/C18H27NO2/c1-2-16(19-12-18(13-20)8-3-4-9-18)14-5-6-17-15(11-14)7-10-21-17/h5-6,11,16,19-20H,2-4,7-10,12-13H2,1H3. The summed E-state index contributed by atoms with van der Waals surface area (Å²) in [5.41, 5.74) is 2.81. The van der Waals surface area contributed by atoms with Gasteiger partial charge in [-0.25, -0.2) is 0 Å². The third kappa shape index (κ3) is 3.09. The van der Waals surface area contributed by atoms with E-state index >= 15 is 0 Å². The van der Waals surface area contributed by atoms with Crippen LogP contribution in [0.4, 0.5) is 0 Å². The van der Waals surface area contributed by atoms with Gasteiger partial charge in [-0.3, -0.25) is 0 Å². The Morgan fingerprint density at radius 1 is 1.33 bits per heavy atom. The van der Waals surface area contributed by atoms with Crippen LogP contribution in [-0.2, 0) is 6.42 Å². The average molecular weight is 289 g/mol. The molecule has 1 heterocycles. The van der Waals surface area contributed by atoms with Gasteiger partial charge in [-0.15, -0.1) is 0 Å². The highest BCUT2D eigenvalue weighted by atomic mass is 16.5. The maximum atomic E-state index is 9.74. The molecule has 1 aromatic rings. The van der Waals surface area contributed by atoms with Crippen LogP contribution in [0.1, 0.15) is 56.2 Å². The van der Waals surface area contributed by atoms with E-state index in [1.165, 1.54) is 24.0 Å². The van der Waals surface area contributed by atoms with Crippen LogP contribution in [-0.4, -0.2) is 24.9 Å². The zero-order valence-electron chi connectivity index (χ0n) is 13.0. The highest BCUT2D eigenvalue weighted by Gasteiger charge is 2.33. The fraction of sp³-hybridized carbons (Fsp3) is 0.667. The number of hydrogen-bond acceptors (Lipinski definition) is 3. The summed E-state index contributed by atoms with van der Waals surface area (Å²) in [4.78, 5) is 0. The minimum absolute atomic E-state index is 0.118. The van der Waals surface area contributed by atoms with Crippen LogP contribution in [0.15, 0.2) is 18.2 Å². The molecule has 116 valence electrons. The molecule has 21 heavy (non-hydrogen) atoms. The Hall–Kier alpha value is -1.06. The van der Waals surface area contributed by atoms with E-state index < -0.39 is 0 Å². The number of nitrogens with one attached hydrogen (secondary N) is 1. The minimum Gasteiger partial charge on any atom is -0.493 e. The van der Waals surface area contributed by atoms with Gasteiger partial charge in [-0.2, -0.15) is 0 Å². The van der Waals surface area contributed by atoms with Crippen LogP contribution in [0.3, 0.4) is 0 Å². The smallest absolute Gasteiger partial charge is 0.122 e. The predicted octanol–water partition coefficient (Wildman–Crippen LogP) is 3.21. The van der Waals surface area contributed by atoms with Gasteiger partial charge in [0.15, 0.2) is 0 Å². The molecule has 3 rings (SSSR count). The molecule has 2 N–H and O–H groups in total. The molecule has 1 aliphatic heterocycles. The first-order valence-electron chi connectivity index (χ1n) is 8.36. The van der Waals surface area contributed by atoms with Gasteiger partial charge in [0.2, 0.25) is 0 Å². The van der Waals surface area contributed by atoms with Gasteiger partial charge in [-0.1, -0.05) is 31.9 Å². The molecule has 1 aromatic carbocycles. The van der Waals surface area contributed by atoms with Crippen molar-refractivity contribution in [1.82, 2.24) is 5.32 Å². The van der Waals surface area contributed by atoms with Gasteiger partial charge in [0.1, 0.15) is 5.75 Å². The van der Waals surface area contributed by atoms with Crippen molar-refractivity contribution in [3.8, 4) is 5.75 Å². The molecule has 2 aliphatic rings. The zero-order valence-corrected chi connectivity index (χ0v) is 13.0. The molecule has 1 atom stereocenters. The van der Waals surface area contributed by atoms with Gasteiger partial charge in [0.05, 0.1) is 6.61 Å². The van der Waals surface area contributed by atoms with Gasteiger partial charge in [-0.05, 0) is 36.5 Å². The maximum absolute atomic E-state index is 9.74. The summed E-state index contributed by atoms with van der Waals surface area (Å²) in [5.74, 6) is 1.05. The SMILES string of the molecule is CCC(NCC1(CO)CCCC1)c1ccc2c(c1)CCO2. The van der Waals surface area contributed by atoms with Crippen LogP contribution in [0.2, 0.25) is 0 Å². The molecule has 0 aromatic heterocycles.